The molecule has 0 bridgehead atoms. The van der Waals surface area contributed by atoms with Gasteiger partial charge in [0, 0.05) is 23.6 Å². The molecule has 0 heterocycles. The third-order valence-corrected chi connectivity index (χ3v) is 4.57. The Morgan fingerprint density at radius 3 is 2.55 bits per heavy atom. The van der Waals surface area contributed by atoms with Crippen molar-refractivity contribution in [2.24, 2.45) is 5.73 Å². The summed E-state index contributed by atoms with van der Waals surface area (Å²) >= 11 is 0. The van der Waals surface area contributed by atoms with Crippen LogP contribution in [-0.4, -0.2) is 19.8 Å². The third kappa shape index (κ3) is 2.37. The molecule has 0 aromatic heterocycles. The number of benzene rings is 1. The van der Waals surface area contributed by atoms with Gasteiger partial charge in [-0.05, 0) is 31.7 Å². The van der Waals surface area contributed by atoms with Crippen molar-refractivity contribution < 1.29 is 13.9 Å². The van der Waals surface area contributed by atoms with E-state index in [0.29, 0.717) is 18.0 Å². The van der Waals surface area contributed by atoms with E-state index in [4.69, 9.17) is 15.2 Å². The summed E-state index contributed by atoms with van der Waals surface area (Å²) in [6, 6.07) is 3.00. The Morgan fingerprint density at radius 1 is 1.30 bits per heavy atom. The van der Waals surface area contributed by atoms with Gasteiger partial charge < -0.3 is 15.2 Å². The van der Waals surface area contributed by atoms with E-state index in [1.165, 1.54) is 6.07 Å². The molecule has 4 heteroatoms. The van der Waals surface area contributed by atoms with Gasteiger partial charge in [-0.2, -0.15) is 0 Å². The van der Waals surface area contributed by atoms with Crippen LogP contribution in [0.5, 0.6) is 11.5 Å². The molecule has 20 heavy (non-hydrogen) atoms. The first-order chi connectivity index (χ1) is 9.68. The second-order valence-electron chi connectivity index (χ2n) is 5.99. The van der Waals surface area contributed by atoms with E-state index in [1.54, 1.807) is 13.2 Å². The Bertz CT molecular complexity index is 493. The fraction of sp³-hybridized carbons (Fsp3) is 0.625. The first-order valence-corrected chi connectivity index (χ1v) is 7.43. The minimum absolute atomic E-state index is 0.153. The van der Waals surface area contributed by atoms with Crippen LogP contribution in [0.25, 0.3) is 0 Å². The quantitative estimate of drug-likeness (QED) is 0.900. The van der Waals surface area contributed by atoms with Crippen molar-refractivity contribution in [1.29, 1.82) is 0 Å². The lowest BCUT2D eigenvalue weighted by atomic mass is 9.78. The SMILES string of the molecule is COc1cc(F)cc(C2(CN)CCCC2)c1OC1CC1. The second kappa shape index (κ2) is 5.24. The van der Waals surface area contributed by atoms with Crippen LogP contribution in [0.4, 0.5) is 4.39 Å². The highest BCUT2D eigenvalue weighted by atomic mass is 19.1. The fourth-order valence-corrected chi connectivity index (χ4v) is 3.22. The highest BCUT2D eigenvalue weighted by Gasteiger charge is 2.39. The van der Waals surface area contributed by atoms with Gasteiger partial charge >= 0.3 is 0 Å². The fourth-order valence-electron chi connectivity index (χ4n) is 3.22. The lowest BCUT2D eigenvalue weighted by molar-refractivity contribution is 0.269. The van der Waals surface area contributed by atoms with Crippen LogP contribution in [0.2, 0.25) is 0 Å². The number of ether oxygens (including phenoxy) is 2. The van der Waals surface area contributed by atoms with Crippen LogP contribution < -0.4 is 15.2 Å². The van der Waals surface area contributed by atoms with E-state index >= 15 is 0 Å². The van der Waals surface area contributed by atoms with Crippen molar-refractivity contribution in [3.05, 3.63) is 23.5 Å². The Hall–Kier alpha value is -1.29. The molecule has 2 fully saturated rings. The van der Waals surface area contributed by atoms with Gasteiger partial charge in [0.05, 0.1) is 13.2 Å². The molecule has 3 nitrogen and oxygen atoms in total. The molecule has 0 spiro atoms. The number of nitrogens with two attached hydrogens (primary N) is 1. The van der Waals surface area contributed by atoms with Crippen LogP contribution in [0.1, 0.15) is 44.1 Å². The monoisotopic (exact) mass is 279 g/mol. The molecule has 2 aliphatic carbocycles. The molecule has 0 unspecified atom stereocenters. The molecule has 1 aromatic carbocycles. The number of hydrogen-bond donors (Lipinski definition) is 1. The number of rotatable bonds is 5. The predicted molar refractivity (Wildman–Crippen MR) is 75.8 cm³/mol. The van der Waals surface area contributed by atoms with Crippen LogP contribution in [0.15, 0.2) is 12.1 Å². The Labute approximate surface area is 119 Å². The maximum atomic E-state index is 13.9. The standard InChI is InChI=1S/C16H22FNO2/c1-19-14-9-11(17)8-13(15(14)20-12-4-5-12)16(10-18)6-2-3-7-16/h8-9,12H,2-7,10,18H2,1H3. The molecule has 2 saturated carbocycles. The molecule has 2 N–H and O–H groups in total. The van der Waals surface area contributed by atoms with Crippen LogP contribution in [0.3, 0.4) is 0 Å². The molecule has 0 aliphatic heterocycles. The van der Waals surface area contributed by atoms with E-state index in [2.05, 4.69) is 0 Å². The van der Waals surface area contributed by atoms with Gasteiger partial charge in [-0.3, -0.25) is 0 Å². The summed E-state index contributed by atoms with van der Waals surface area (Å²) in [5, 5.41) is 0. The van der Waals surface area contributed by atoms with E-state index in [-0.39, 0.29) is 17.3 Å². The predicted octanol–water partition coefficient (Wildman–Crippen LogP) is 3.15. The van der Waals surface area contributed by atoms with E-state index in [9.17, 15) is 4.39 Å². The average Bonchev–Trinajstić information content (AvgIpc) is 3.14. The summed E-state index contributed by atoms with van der Waals surface area (Å²) in [7, 11) is 1.56. The van der Waals surface area contributed by atoms with E-state index < -0.39 is 0 Å². The molecular formula is C16H22FNO2. The van der Waals surface area contributed by atoms with Crippen LogP contribution in [-0.2, 0) is 5.41 Å². The minimum Gasteiger partial charge on any atom is -0.493 e. The normalized spacial score (nSPS) is 20.9. The minimum atomic E-state index is -0.278. The molecule has 1 aromatic rings. The summed E-state index contributed by atoms with van der Waals surface area (Å²) < 4.78 is 25.3. The summed E-state index contributed by atoms with van der Waals surface area (Å²) in [5.74, 6) is 0.926. The zero-order valence-electron chi connectivity index (χ0n) is 12.0. The highest BCUT2D eigenvalue weighted by molar-refractivity contribution is 5.51. The summed E-state index contributed by atoms with van der Waals surface area (Å²) in [6.45, 7) is 0.528. The van der Waals surface area contributed by atoms with Gasteiger partial charge in [-0.1, -0.05) is 12.8 Å². The number of hydrogen-bond acceptors (Lipinski definition) is 3. The third-order valence-electron chi connectivity index (χ3n) is 4.57. The lowest BCUT2D eigenvalue weighted by Crippen LogP contribution is -2.33. The maximum Gasteiger partial charge on any atom is 0.165 e. The van der Waals surface area contributed by atoms with Crippen molar-refractivity contribution in [2.75, 3.05) is 13.7 Å². The van der Waals surface area contributed by atoms with Crippen molar-refractivity contribution >= 4 is 0 Å². The highest BCUT2D eigenvalue weighted by Crippen LogP contribution is 2.48. The van der Waals surface area contributed by atoms with E-state index in [1.807, 2.05) is 0 Å². The van der Waals surface area contributed by atoms with Crippen molar-refractivity contribution in [3.8, 4) is 11.5 Å². The maximum absolute atomic E-state index is 13.9. The zero-order valence-corrected chi connectivity index (χ0v) is 12.0. The van der Waals surface area contributed by atoms with Gasteiger partial charge in [0.1, 0.15) is 5.82 Å². The van der Waals surface area contributed by atoms with Gasteiger partial charge in [-0.15, -0.1) is 0 Å². The van der Waals surface area contributed by atoms with Crippen molar-refractivity contribution in [1.82, 2.24) is 0 Å². The largest absolute Gasteiger partial charge is 0.493 e. The van der Waals surface area contributed by atoms with Crippen LogP contribution >= 0.6 is 0 Å². The summed E-state index contributed by atoms with van der Waals surface area (Å²) in [5.41, 5.74) is 6.79. The topological polar surface area (TPSA) is 44.5 Å². The van der Waals surface area contributed by atoms with E-state index in [0.717, 1.165) is 44.1 Å². The van der Waals surface area contributed by atoms with Gasteiger partial charge in [0.25, 0.3) is 0 Å². The number of methoxy groups -OCH3 is 1. The van der Waals surface area contributed by atoms with Crippen molar-refractivity contribution in [3.63, 3.8) is 0 Å². The molecule has 0 amide bonds. The first-order valence-electron chi connectivity index (χ1n) is 7.43. The summed E-state index contributed by atoms with van der Waals surface area (Å²) in [6.07, 6.45) is 6.65. The lowest BCUT2D eigenvalue weighted by Gasteiger charge is -2.30. The van der Waals surface area contributed by atoms with Gasteiger partial charge in [0.15, 0.2) is 11.5 Å². The Balaban J connectivity index is 2.08. The molecule has 110 valence electrons. The molecule has 0 saturated heterocycles. The second-order valence-corrected chi connectivity index (χ2v) is 5.99. The summed E-state index contributed by atoms with van der Waals surface area (Å²) in [4.78, 5) is 0. The smallest absolute Gasteiger partial charge is 0.165 e. The molecular weight excluding hydrogens is 257 g/mol. The molecule has 3 rings (SSSR count). The Morgan fingerprint density at radius 2 is 2.00 bits per heavy atom. The first kappa shape index (κ1) is 13.7. The zero-order chi connectivity index (χ0) is 14.2. The molecule has 0 atom stereocenters. The Kier molecular flexibility index (Phi) is 3.59. The average molecular weight is 279 g/mol. The molecule has 2 aliphatic rings. The molecule has 0 radical (unpaired) electrons. The van der Waals surface area contributed by atoms with Crippen LogP contribution in [0, 0.1) is 5.82 Å². The number of halogens is 1. The van der Waals surface area contributed by atoms with Gasteiger partial charge in [-0.25, -0.2) is 4.39 Å². The van der Waals surface area contributed by atoms with Gasteiger partial charge in [0.2, 0.25) is 0 Å². The van der Waals surface area contributed by atoms with Crippen molar-refractivity contribution in [2.45, 2.75) is 50.0 Å².